The van der Waals surface area contributed by atoms with Crippen molar-refractivity contribution in [3.05, 3.63) is 77.5 Å². The minimum atomic E-state index is -0.173. The normalized spacial score (nSPS) is 10.4. The highest BCUT2D eigenvalue weighted by atomic mass is 16.5. The van der Waals surface area contributed by atoms with Crippen molar-refractivity contribution >= 4 is 11.6 Å². The van der Waals surface area contributed by atoms with Gasteiger partial charge in [-0.3, -0.25) is 9.78 Å². The Balaban J connectivity index is 1.77. The molecule has 0 radical (unpaired) electrons. The Bertz CT molecular complexity index is 902. The number of amides is 1. The molecule has 0 unspecified atom stereocenters. The molecule has 4 nitrogen and oxygen atoms in total. The molecule has 0 aliphatic heterocycles. The molecule has 0 saturated carbocycles. The van der Waals surface area contributed by atoms with Gasteiger partial charge in [-0.1, -0.05) is 18.2 Å². The largest absolute Gasteiger partial charge is 0.497 e. The molecule has 0 saturated heterocycles. The van der Waals surface area contributed by atoms with Crippen molar-refractivity contribution in [3.8, 4) is 17.0 Å². The van der Waals surface area contributed by atoms with E-state index in [1.54, 1.807) is 19.4 Å². The first-order valence-electron chi connectivity index (χ1n) is 8.06. The Labute approximate surface area is 147 Å². The number of hydrogen-bond donors (Lipinski definition) is 1. The molecule has 25 heavy (non-hydrogen) atoms. The van der Waals surface area contributed by atoms with Gasteiger partial charge in [0.05, 0.1) is 18.4 Å². The van der Waals surface area contributed by atoms with E-state index in [9.17, 15) is 4.79 Å². The lowest BCUT2D eigenvalue weighted by Crippen LogP contribution is -2.12. The van der Waals surface area contributed by atoms with Crippen LogP contribution in [0.1, 0.15) is 21.5 Å². The van der Waals surface area contributed by atoms with E-state index < -0.39 is 0 Å². The molecule has 0 aliphatic carbocycles. The van der Waals surface area contributed by atoms with Gasteiger partial charge in [0.1, 0.15) is 5.75 Å². The molecule has 1 N–H and O–H groups in total. The van der Waals surface area contributed by atoms with Gasteiger partial charge >= 0.3 is 0 Å². The van der Waals surface area contributed by atoms with Gasteiger partial charge < -0.3 is 10.1 Å². The van der Waals surface area contributed by atoms with Gasteiger partial charge in [0.2, 0.25) is 0 Å². The molecule has 0 fully saturated rings. The topological polar surface area (TPSA) is 51.2 Å². The van der Waals surface area contributed by atoms with Gasteiger partial charge in [-0.05, 0) is 61.4 Å². The lowest BCUT2D eigenvalue weighted by Gasteiger charge is -2.08. The average molecular weight is 332 g/mol. The summed E-state index contributed by atoms with van der Waals surface area (Å²) in [6.45, 7) is 4.07. The van der Waals surface area contributed by atoms with Crippen LogP contribution in [0.2, 0.25) is 0 Å². The molecule has 2 aromatic carbocycles. The van der Waals surface area contributed by atoms with Crippen LogP contribution in [0, 0.1) is 13.8 Å². The summed E-state index contributed by atoms with van der Waals surface area (Å²) in [6.07, 6.45) is 1.59. The van der Waals surface area contributed by atoms with E-state index >= 15 is 0 Å². The smallest absolute Gasteiger partial charge is 0.257 e. The molecule has 0 aliphatic rings. The second-order valence-electron chi connectivity index (χ2n) is 5.92. The lowest BCUT2D eigenvalue weighted by molar-refractivity contribution is 0.102. The first-order valence-corrected chi connectivity index (χ1v) is 8.06. The minimum absolute atomic E-state index is 0.173. The molecule has 1 heterocycles. The molecule has 3 aromatic rings. The SMILES string of the molecule is COc1cccc(-c2ccc(C(=O)Nc3ccc(C)c(C)c3)cn2)c1. The predicted octanol–water partition coefficient (Wildman–Crippen LogP) is 4.63. The number of rotatable bonds is 4. The first kappa shape index (κ1) is 16.7. The fraction of sp³-hybridized carbons (Fsp3) is 0.143. The number of anilines is 1. The predicted molar refractivity (Wildman–Crippen MR) is 100 cm³/mol. The second-order valence-corrected chi connectivity index (χ2v) is 5.92. The van der Waals surface area contributed by atoms with Crippen molar-refractivity contribution in [2.24, 2.45) is 0 Å². The molecular weight excluding hydrogens is 312 g/mol. The fourth-order valence-electron chi connectivity index (χ4n) is 2.50. The number of pyridine rings is 1. The number of carbonyl (C=O) groups excluding carboxylic acids is 1. The van der Waals surface area contributed by atoms with Crippen LogP contribution < -0.4 is 10.1 Å². The molecule has 0 atom stereocenters. The van der Waals surface area contributed by atoms with Gasteiger partial charge in [-0.25, -0.2) is 0 Å². The van der Waals surface area contributed by atoms with Crippen molar-refractivity contribution in [3.63, 3.8) is 0 Å². The second kappa shape index (κ2) is 7.18. The van der Waals surface area contributed by atoms with Crippen LogP contribution in [-0.2, 0) is 0 Å². The van der Waals surface area contributed by atoms with Crippen molar-refractivity contribution < 1.29 is 9.53 Å². The third-order valence-corrected chi connectivity index (χ3v) is 4.16. The van der Waals surface area contributed by atoms with E-state index in [0.717, 1.165) is 28.3 Å². The Hall–Kier alpha value is -3.14. The number of ether oxygens (including phenoxy) is 1. The quantitative estimate of drug-likeness (QED) is 0.758. The van der Waals surface area contributed by atoms with Crippen LogP contribution in [-0.4, -0.2) is 18.0 Å². The summed E-state index contributed by atoms with van der Waals surface area (Å²) in [5.41, 5.74) is 5.38. The molecule has 1 aromatic heterocycles. The molecular formula is C21H20N2O2. The number of benzene rings is 2. The van der Waals surface area contributed by atoms with E-state index in [1.165, 1.54) is 5.56 Å². The molecule has 4 heteroatoms. The number of nitrogens with one attached hydrogen (secondary N) is 1. The van der Waals surface area contributed by atoms with Crippen molar-refractivity contribution in [2.75, 3.05) is 12.4 Å². The zero-order valence-corrected chi connectivity index (χ0v) is 14.5. The Morgan fingerprint density at radius 1 is 1.00 bits per heavy atom. The Morgan fingerprint density at radius 2 is 1.84 bits per heavy atom. The van der Waals surface area contributed by atoms with E-state index in [2.05, 4.69) is 10.3 Å². The van der Waals surface area contributed by atoms with Crippen molar-refractivity contribution in [1.29, 1.82) is 0 Å². The number of hydrogen-bond acceptors (Lipinski definition) is 3. The zero-order valence-electron chi connectivity index (χ0n) is 14.5. The Kier molecular flexibility index (Phi) is 4.80. The van der Waals surface area contributed by atoms with Gasteiger partial charge in [-0.2, -0.15) is 0 Å². The standard InChI is InChI=1S/C21H20N2O2/c1-14-7-9-18(11-15(14)2)23-21(24)17-8-10-20(22-13-17)16-5-4-6-19(12-16)25-3/h4-13H,1-3H3,(H,23,24). The van der Waals surface area contributed by atoms with Gasteiger partial charge in [0, 0.05) is 17.4 Å². The monoisotopic (exact) mass is 332 g/mol. The summed E-state index contributed by atoms with van der Waals surface area (Å²) in [6, 6.07) is 17.1. The molecule has 3 rings (SSSR count). The molecule has 1 amide bonds. The maximum absolute atomic E-state index is 12.4. The average Bonchev–Trinajstić information content (AvgIpc) is 2.65. The van der Waals surface area contributed by atoms with Gasteiger partial charge in [0.15, 0.2) is 0 Å². The molecule has 0 bridgehead atoms. The summed E-state index contributed by atoms with van der Waals surface area (Å²) in [5.74, 6) is 0.601. The lowest BCUT2D eigenvalue weighted by atomic mass is 10.1. The number of methoxy groups -OCH3 is 1. The number of nitrogens with zero attached hydrogens (tertiary/aromatic N) is 1. The number of carbonyl (C=O) groups is 1. The van der Waals surface area contributed by atoms with Gasteiger partial charge in [-0.15, -0.1) is 0 Å². The minimum Gasteiger partial charge on any atom is -0.497 e. The highest BCUT2D eigenvalue weighted by molar-refractivity contribution is 6.04. The van der Waals surface area contributed by atoms with Crippen molar-refractivity contribution in [1.82, 2.24) is 4.98 Å². The maximum Gasteiger partial charge on any atom is 0.257 e. The van der Waals surface area contributed by atoms with E-state index in [0.29, 0.717) is 5.56 Å². The van der Waals surface area contributed by atoms with Crippen LogP contribution in [0.4, 0.5) is 5.69 Å². The highest BCUT2D eigenvalue weighted by Crippen LogP contribution is 2.22. The zero-order chi connectivity index (χ0) is 17.8. The Morgan fingerprint density at radius 3 is 2.52 bits per heavy atom. The number of aryl methyl sites for hydroxylation is 2. The van der Waals surface area contributed by atoms with E-state index in [1.807, 2.05) is 62.4 Å². The maximum atomic E-state index is 12.4. The fourth-order valence-corrected chi connectivity index (χ4v) is 2.50. The van der Waals surface area contributed by atoms with Crippen LogP contribution in [0.15, 0.2) is 60.8 Å². The first-order chi connectivity index (χ1) is 12.1. The summed E-state index contributed by atoms with van der Waals surface area (Å²) in [4.78, 5) is 16.8. The third-order valence-electron chi connectivity index (χ3n) is 4.16. The van der Waals surface area contributed by atoms with Gasteiger partial charge in [0.25, 0.3) is 5.91 Å². The summed E-state index contributed by atoms with van der Waals surface area (Å²) in [7, 11) is 1.63. The summed E-state index contributed by atoms with van der Waals surface area (Å²) in [5, 5.41) is 2.90. The number of aromatic nitrogens is 1. The highest BCUT2D eigenvalue weighted by Gasteiger charge is 2.08. The summed E-state index contributed by atoms with van der Waals surface area (Å²) < 4.78 is 5.23. The summed E-state index contributed by atoms with van der Waals surface area (Å²) >= 11 is 0. The van der Waals surface area contributed by atoms with Crippen LogP contribution >= 0.6 is 0 Å². The van der Waals surface area contributed by atoms with E-state index in [4.69, 9.17) is 4.74 Å². The molecule has 0 spiro atoms. The van der Waals surface area contributed by atoms with Crippen LogP contribution in [0.3, 0.4) is 0 Å². The van der Waals surface area contributed by atoms with Crippen molar-refractivity contribution in [2.45, 2.75) is 13.8 Å². The van der Waals surface area contributed by atoms with Crippen LogP contribution in [0.25, 0.3) is 11.3 Å². The van der Waals surface area contributed by atoms with E-state index in [-0.39, 0.29) is 5.91 Å². The third kappa shape index (κ3) is 3.86. The molecule has 126 valence electrons. The van der Waals surface area contributed by atoms with Crippen LogP contribution in [0.5, 0.6) is 5.75 Å².